The average Bonchev–Trinajstić information content (AvgIpc) is 3.15. The first-order valence-electron chi connectivity index (χ1n) is 11.2. The number of hydrogen-bond acceptors (Lipinski definition) is 6. The molecule has 3 aliphatic rings. The van der Waals surface area contributed by atoms with Crippen LogP contribution < -0.4 is 10.6 Å². The molecule has 174 valence electrons. The maximum atomic E-state index is 13.3. The fourth-order valence-electron chi connectivity index (χ4n) is 5.93. The maximum Gasteiger partial charge on any atom is 0.341 e. The van der Waals surface area contributed by atoms with Crippen LogP contribution in [0.4, 0.5) is 9.80 Å². The van der Waals surface area contributed by atoms with Crippen LogP contribution in [0.25, 0.3) is 0 Å². The molecule has 2 fully saturated rings. The lowest BCUT2D eigenvalue weighted by Gasteiger charge is -2.43. The molecule has 2 atom stereocenters. The predicted molar refractivity (Wildman–Crippen MR) is 121 cm³/mol. The highest BCUT2D eigenvalue weighted by Gasteiger charge is 2.56. The van der Waals surface area contributed by atoms with Crippen LogP contribution in [0.2, 0.25) is 0 Å². The average molecular weight is 462 g/mol. The van der Waals surface area contributed by atoms with E-state index >= 15 is 0 Å². The predicted octanol–water partition coefficient (Wildman–Crippen LogP) is 3.49. The Hall–Kier alpha value is -2.42. The second kappa shape index (κ2) is 8.17. The standard InChI is InChI=1S/C23H31N3O5S/c1-13-9-22(2,3)12-23(10-13)20(29)26(21(30)25-23)11-16(27)24-18-17(19(28)31-4)14-7-5-6-8-15(14)32-18/h13H,5-12H2,1-4H3,(H,24,27)(H,25,30). The number of methoxy groups -OCH3 is 1. The van der Waals surface area contributed by atoms with Crippen molar-refractivity contribution in [3.05, 3.63) is 16.0 Å². The van der Waals surface area contributed by atoms with Crippen LogP contribution in [-0.4, -0.2) is 47.9 Å². The number of carbonyl (C=O) groups excluding carboxylic acids is 4. The zero-order valence-electron chi connectivity index (χ0n) is 19.1. The van der Waals surface area contributed by atoms with E-state index in [9.17, 15) is 19.2 Å². The first-order valence-corrected chi connectivity index (χ1v) is 12.0. The van der Waals surface area contributed by atoms with Crippen molar-refractivity contribution in [2.24, 2.45) is 11.3 Å². The van der Waals surface area contributed by atoms with Gasteiger partial charge in [-0.3, -0.25) is 14.5 Å². The topological polar surface area (TPSA) is 105 Å². The molecule has 32 heavy (non-hydrogen) atoms. The summed E-state index contributed by atoms with van der Waals surface area (Å²) in [6, 6.07) is -0.534. The van der Waals surface area contributed by atoms with Crippen molar-refractivity contribution in [3.8, 4) is 0 Å². The number of nitrogens with one attached hydrogen (secondary N) is 2. The maximum absolute atomic E-state index is 13.3. The number of anilines is 1. The third-order valence-electron chi connectivity index (χ3n) is 6.74. The van der Waals surface area contributed by atoms with E-state index in [-0.39, 0.29) is 23.8 Å². The number of fused-ring (bicyclic) bond motifs is 1. The van der Waals surface area contributed by atoms with E-state index in [2.05, 4.69) is 31.4 Å². The van der Waals surface area contributed by atoms with E-state index in [1.165, 1.54) is 18.4 Å². The Morgan fingerprint density at radius 3 is 2.62 bits per heavy atom. The largest absolute Gasteiger partial charge is 0.465 e. The summed E-state index contributed by atoms with van der Waals surface area (Å²) >= 11 is 1.38. The molecule has 9 heteroatoms. The van der Waals surface area contributed by atoms with Gasteiger partial charge in [0.15, 0.2) is 0 Å². The van der Waals surface area contributed by atoms with Crippen molar-refractivity contribution in [2.75, 3.05) is 19.0 Å². The first-order chi connectivity index (χ1) is 15.0. The van der Waals surface area contributed by atoms with Crippen molar-refractivity contribution in [2.45, 2.75) is 71.3 Å². The van der Waals surface area contributed by atoms with Crippen molar-refractivity contribution in [3.63, 3.8) is 0 Å². The number of hydrogen-bond donors (Lipinski definition) is 2. The zero-order valence-corrected chi connectivity index (χ0v) is 19.9. The fraction of sp³-hybridized carbons (Fsp3) is 0.652. The number of carbonyl (C=O) groups is 4. The number of ether oxygens (including phenoxy) is 1. The molecule has 8 nitrogen and oxygen atoms in total. The highest BCUT2D eigenvalue weighted by atomic mass is 32.1. The van der Waals surface area contributed by atoms with Crippen LogP contribution in [0.1, 0.15) is 73.7 Å². The molecular weight excluding hydrogens is 430 g/mol. The van der Waals surface area contributed by atoms with Crippen LogP contribution in [0.5, 0.6) is 0 Å². The van der Waals surface area contributed by atoms with Gasteiger partial charge in [-0.25, -0.2) is 9.59 Å². The Bertz CT molecular complexity index is 985. The Balaban J connectivity index is 1.52. The molecule has 1 saturated heterocycles. The van der Waals surface area contributed by atoms with Gasteiger partial charge in [0.05, 0.1) is 12.7 Å². The molecule has 1 spiro atoms. The molecule has 4 rings (SSSR count). The normalized spacial score (nSPS) is 26.6. The van der Waals surface area contributed by atoms with E-state index in [1.807, 2.05) is 0 Å². The molecule has 0 bridgehead atoms. The van der Waals surface area contributed by atoms with Crippen LogP contribution in [0, 0.1) is 11.3 Å². The number of rotatable bonds is 4. The van der Waals surface area contributed by atoms with E-state index in [4.69, 9.17) is 4.74 Å². The minimum atomic E-state index is -0.947. The van der Waals surface area contributed by atoms with Gasteiger partial charge in [0.2, 0.25) is 5.91 Å². The molecule has 2 aliphatic carbocycles. The first kappa shape index (κ1) is 22.8. The second-order valence-electron chi connectivity index (χ2n) is 10.2. The number of aryl methyl sites for hydroxylation is 1. The lowest BCUT2D eigenvalue weighted by Crippen LogP contribution is -2.54. The van der Waals surface area contributed by atoms with Gasteiger partial charge < -0.3 is 15.4 Å². The van der Waals surface area contributed by atoms with Crippen molar-refractivity contribution < 1.29 is 23.9 Å². The van der Waals surface area contributed by atoms with Gasteiger partial charge in [-0.2, -0.15) is 0 Å². The minimum Gasteiger partial charge on any atom is -0.465 e. The molecular formula is C23H31N3O5S. The number of urea groups is 1. The second-order valence-corrected chi connectivity index (χ2v) is 11.3. The Morgan fingerprint density at radius 2 is 1.94 bits per heavy atom. The molecule has 1 aromatic heterocycles. The van der Waals surface area contributed by atoms with Gasteiger partial charge in [-0.05, 0) is 61.8 Å². The molecule has 0 radical (unpaired) electrons. The minimum absolute atomic E-state index is 0.0790. The summed E-state index contributed by atoms with van der Waals surface area (Å²) in [5.74, 6) is -1.03. The van der Waals surface area contributed by atoms with E-state index in [0.717, 1.165) is 47.4 Å². The van der Waals surface area contributed by atoms with Gasteiger partial charge in [-0.1, -0.05) is 20.8 Å². The molecule has 4 amide bonds. The Morgan fingerprint density at radius 1 is 1.22 bits per heavy atom. The van der Waals surface area contributed by atoms with Crippen molar-refractivity contribution in [1.82, 2.24) is 10.2 Å². The summed E-state index contributed by atoms with van der Waals surface area (Å²) in [6.07, 6.45) is 5.78. The van der Waals surface area contributed by atoms with Crippen LogP contribution in [0.3, 0.4) is 0 Å². The van der Waals surface area contributed by atoms with Gasteiger partial charge >= 0.3 is 12.0 Å². The molecule has 1 saturated carbocycles. The number of nitrogens with zero attached hydrogens (tertiary/aromatic N) is 1. The summed E-state index contributed by atoms with van der Waals surface area (Å²) < 4.78 is 4.94. The number of amides is 4. The van der Waals surface area contributed by atoms with E-state index in [1.54, 1.807) is 0 Å². The molecule has 1 aliphatic heterocycles. The fourth-order valence-corrected chi connectivity index (χ4v) is 7.22. The van der Waals surface area contributed by atoms with Crippen molar-refractivity contribution in [1.29, 1.82) is 0 Å². The summed E-state index contributed by atoms with van der Waals surface area (Å²) in [4.78, 5) is 53.3. The van der Waals surface area contributed by atoms with Crippen LogP contribution >= 0.6 is 11.3 Å². The Labute approximate surface area is 192 Å². The molecule has 0 aromatic carbocycles. The molecule has 2 N–H and O–H groups in total. The number of thiophene rings is 1. The number of esters is 1. The van der Waals surface area contributed by atoms with Gasteiger partial charge in [0.25, 0.3) is 5.91 Å². The SMILES string of the molecule is COC(=O)c1c(NC(=O)CN2C(=O)NC3(CC(C)CC(C)(C)C3)C2=O)sc2c1CCCC2. The molecule has 1 aromatic rings. The smallest absolute Gasteiger partial charge is 0.341 e. The van der Waals surface area contributed by atoms with Crippen LogP contribution in [0.15, 0.2) is 0 Å². The Kier molecular flexibility index (Phi) is 5.81. The van der Waals surface area contributed by atoms with Crippen LogP contribution in [-0.2, 0) is 27.2 Å². The number of imide groups is 1. The quantitative estimate of drug-likeness (QED) is 0.528. The third-order valence-corrected chi connectivity index (χ3v) is 7.95. The molecule has 2 unspecified atom stereocenters. The summed E-state index contributed by atoms with van der Waals surface area (Å²) in [5.41, 5.74) is 0.315. The van der Waals surface area contributed by atoms with E-state index < -0.39 is 23.4 Å². The highest BCUT2D eigenvalue weighted by Crippen LogP contribution is 2.46. The lowest BCUT2D eigenvalue weighted by molar-refractivity contribution is -0.136. The molecule has 2 heterocycles. The van der Waals surface area contributed by atoms with E-state index in [0.29, 0.717) is 23.4 Å². The monoisotopic (exact) mass is 461 g/mol. The zero-order chi connectivity index (χ0) is 23.3. The summed E-state index contributed by atoms with van der Waals surface area (Å²) in [7, 11) is 1.32. The van der Waals surface area contributed by atoms with Gasteiger partial charge in [0, 0.05) is 4.88 Å². The van der Waals surface area contributed by atoms with Gasteiger partial charge in [-0.15, -0.1) is 11.3 Å². The van der Waals surface area contributed by atoms with Gasteiger partial charge in [0.1, 0.15) is 17.1 Å². The third kappa shape index (κ3) is 4.02. The lowest BCUT2D eigenvalue weighted by atomic mass is 9.64. The highest BCUT2D eigenvalue weighted by molar-refractivity contribution is 7.17. The summed E-state index contributed by atoms with van der Waals surface area (Å²) in [6.45, 7) is 5.91. The van der Waals surface area contributed by atoms with Crippen molar-refractivity contribution >= 4 is 40.2 Å². The summed E-state index contributed by atoms with van der Waals surface area (Å²) in [5, 5.41) is 6.09.